The molecule has 0 aliphatic rings. The predicted octanol–water partition coefficient (Wildman–Crippen LogP) is 3.79. The van der Waals surface area contributed by atoms with Gasteiger partial charge in [-0.3, -0.25) is 4.57 Å². The molecule has 5 heteroatoms. The minimum absolute atomic E-state index is 0.215. The van der Waals surface area contributed by atoms with Gasteiger partial charge < -0.3 is 5.11 Å². The zero-order chi connectivity index (χ0) is 14.3. The number of carboxylic acid groups (broad SMARTS) is 1. The van der Waals surface area contributed by atoms with E-state index in [4.69, 9.17) is 0 Å². The Morgan fingerprint density at radius 2 is 2.10 bits per heavy atom. The number of halogens is 1. The van der Waals surface area contributed by atoms with Crippen LogP contribution in [0, 0.1) is 6.92 Å². The van der Waals surface area contributed by atoms with Crippen molar-refractivity contribution in [2.75, 3.05) is 0 Å². The standard InChI is InChI=1S/C15H11BrN2O2/c1-9-5-6-10(7-12(9)16)18-8-17-14-11(15(19)20)3-2-4-13(14)18/h2-8H,1H3,(H,19,20). The second-order valence-corrected chi connectivity index (χ2v) is 5.38. The normalized spacial score (nSPS) is 10.9. The van der Waals surface area contributed by atoms with Gasteiger partial charge in [-0.05, 0) is 36.8 Å². The Morgan fingerprint density at radius 3 is 2.80 bits per heavy atom. The van der Waals surface area contributed by atoms with E-state index in [2.05, 4.69) is 20.9 Å². The fraction of sp³-hybridized carbons (Fsp3) is 0.0667. The van der Waals surface area contributed by atoms with Crippen LogP contribution in [0.4, 0.5) is 0 Å². The molecule has 4 nitrogen and oxygen atoms in total. The maximum absolute atomic E-state index is 11.2. The van der Waals surface area contributed by atoms with Crippen LogP contribution in [0.25, 0.3) is 16.7 Å². The Morgan fingerprint density at radius 1 is 1.30 bits per heavy atom. The number of hydrogen-bond acceptors (Lipinski definition) is 2. The Balaban J connectivity index is 2.25. The van der Waals surface area contributed by atoms with Crippen LogP contribution in [0.3, 0.4) is 0 Å². The first-order valence-electron chi connectivity index (χ1n) is 6.04. The van der Waals surface area contributed by atoms with Crippen molar-refractivity contribution in [3.05, 3.63) is 58.3 Å². The molecule has 1 aromatic heterocycles. The fourth-order valence-electron chi connectivity index (χ4n) is 2.15. The highest BCUT2D eigenvalue weighted by Gasteiger charge is 2.13. The van der Waals surface area contributed by atoms with Crippen LogP contribution in [0.1, 0.15) is 15.9 Å². The number of aromatic carboxylic acids is 1. The molecule has 0 unspecified atom stereocenters. The zero-order valence-electron chi connectivity index (χ0n) is 10.7. The molecule has 100 valence electrons. The van der Waals surface area contributed by atoms with E-state index in [9.17, 15) is 9.90 Å². The Labute approximate surface area is 123 Å². The van der Waals surface area contributed by atoms with Crippen LogP contribution < -0.4 is 0 Å². The minimum Gasteiger partial charge on any atom is -0.478 e. The van der Waals surface area contributed by atoms with Gasteiger partial charge in [0.15, 0.2) is 0 Å². The fourth-order valence-corrected chi connectivity index (χ4v) is 2.52. The highest BCUT2D eigenvalue weighted by molar-refractivity contribution is 9.10. The van der Waals surface area contributed by atoms with Gasteiger partial charge in [0.25, 0.3) is 0 Å². The number of benzene rings is 2. The van der Waals surface area contributed by atoms with E-state index in [1.54, 1.807) is 18.5 Å². The molecule has 3 aromatic rings. The van der Waals surface area contributed by atoms with Gasteiger partial charge in [-0.25, -0.2) is 9.78 Å². The van der Waals surface area contributed by atoms with Crippen molar-refractivity contribution >= 4 is 32.9 Å². The number of hydrogen-bond donors (Lipinski definition) is 1. The number of imidazole rings is 1. The summed E-state index contributed by atoms with van der Waals surface area (Å²) in [5, 5.41) is 9.19. The van der Waals surface area contributed by atoms with Gasteiger partial charge in [-0.1, -0.05) is 28.1 Å². The summed E-state index contributed by atoms with van der Waals surface area (Å²) in [5.41, 5.74) is 3.57. The third-order valence-electron chi connectivity index (χ3n) is 3.24. The summed E-state index contributed by atoms with van der Waals surface area (Å²) in [4.78, 5) is 15.4. The molecule has 2 aromatic carbocycles. The molecule has 0 atom stereocenters. The average Bonchev–Trinajstić information content (AvgIpc) is 2.85. The third-order valence-corrected chi connectivity index (χ3v) is 4.09. The SMILES string of the molecule is Cc1ccc(-n2cnc3c(C(=O)O)cccc32)cc1Br. The van der Waals surface area contributed by atoms with Crippen LogP contribution in [-0.4, -0.2) is 20.6 Å². The number of nitrogens with zero attached hydrogens (tertiary/aromatic N) is 2. The first kappa shape index (κ1) is 12.9. The summed E-state index contributed by atoms with van der Waals surface area (Å²) in [6.07, 6.45) is 1.65. The third kappa shape index (κ3) is 2.00. The van der Waals surface area contributed by atoms with E-state index < -0.39 is 5.97 Å². The number of rotatable bonds is 2. The second kappa shape index (κ2) is 4.76. The van der Waals surface area contributed by atoms with Crippen molar-refractivity contribution in [3.63, 3.8) is 0 Å². The van der Waals surface area contributed by atoms with E-state index >= 15 is 0 Å². The Bertz CT molecular complexity index is 824. The molecule has 0 saturated carbocycles. The van der Waals surface area contributed by atoms with E-state index in [0.717, 1.165) is 21.2 Å². The number of carbonyl (C=O) groups is 1. The summed E-state index contributed by atoms with van der Waals surface area (Å²) in [6.45, 7) is 2.02. The maximum Gasteiger partial charge on any atom is 0.337 e. The predicted molar refractivity (Wildman–Crippen MR) is 80.5 cm³/mol. The van der Waals surface area contributed by atoms with E-state index in [1.807, 2.05) is 35.8 Å². The topological polar surface area (TPSA) is 55.1 Å². The number of para-hydroxylation sites is 1. The van der Waals surface area contributed by atoms with Gasteiger partial charge >= 0.3 is 5.97 Å². The molecule has 1 heterocycles. The van der Waals surface area contributed by atoms with Gasteiger partial charge in [0, 0.05) is 10.2 Å². The second-order valence-electron chi connectivity index (χ2n) is 4.53. The molecular weight excluding hydrogens is 320 g/mol. The summed E-state index contributed by atoms with van der Waals surface area (Å²) < 4.78 is 2.89. The number of aromatic nitrogens is 2. The number of carboxylic acids is 1. The Kier molecular flexibility index (Phi) is 3.06. The van der Waals surface area contributed by atoms with Crippen LogP contribution in [0.2, 0.25) is 0 Å². The summed E-state index contributed by atoms with van der Waals surface area (Å²) in [6, 6.07) is 11.1. The highest BCUT2D eigenvalue weighted by Crippen LogP contribution is 2.24. The van der Waals surface area contributed by atoms with Gasteiger partial charge in [0.05, 0.1) is 11.1 Å². The van der Waals surface area contributed by atoms with E-state index in [0.29, 0.717) is 5.52 Å². The molecule has 0 spiro atoms. The van der Waals surface area contributed by atoms with Crippen LogP contribution in [-0.2, 0) is 0 Å². The summed E-state index contributed by atoms with van der Waals surface area (Å²) >= 11 is 3.51. The van der Waals surface area contributed by atoms with Gasteiger partial charge in [-0.2, -0.15) is 0 Å². The molecule has 3 rings (SSSR count). The molecule has 0 aliphatic heterocycles. The quantitative estimate of drug-likeness (QED) is 0.777. The average molecular weight is 331 g/mol. The van der Waals surface area contributed by atoms with Gasteiger partial charge in [-0.15, -0.1) is 0 Å². The van der Waals surface area contributed by atoms with Crippen molar-refractivity contribution in [1.82, 2.24) is 9.55 Å². The molecule has 0 radical (unpaired) electrons. The van der Waals surface area contributed by atoms with Crippen LogP contribution in [0.15, 0.2) is 47.2 Å². The smallest absolute Gasteiger partial charge is 0.337 e. The highest BCUT2D eigenvalue weighted by atomic mass is 79.9. The van der Waals surface area contributed by atoms with Crippen molar-refractivity contribution in [2.24, 2.45) is 0 Å². The maximum atomic E-state index is 11.2. The lowest BCUT2D eigenvalue weighted by Gasteiger charge is -2.07. The zero-order valence-corrected chi connectivity index (χ0v) is 12.3. The summed E-state index contributed by atoms with van der Waals surface area (Å²) in [7, 11) is 0. The van der Waals surface area contributed by atoms with Crippen molar-refractivity contribution in [3.8, 4) is 5.69 Å². The molecule has 0 bridgehead atoms. The number of fused-ring (bicyclic) bond motifs is 1. The lowest BCUT2D eigenvalue weighted by molar-refractivity contribution is 0.0699. The van der Waals surface area contributed by atoms with Crippen LogP contribution >= 0.6 is 15.9 Å². The molecule has 0 saturated heterocycles. The monoisotopic (exact) mass is 330 g/mol. The van der Waals surface area contributed by atoms with Crippen molar-refractivity contribution in [2.45, 2.75) is 6.92 Å². The molecule has 0 aliphatic carbocycles. The minimum atomic E-state index is -0.967. The van der Waals surface area contributed by atoms with Crippen LogP contribution in [0.5, 0.6) is 0 Å². The van der Waals surface area contributed by atoms with Crippen molar-refractivity contribution < 1.29 is 9.90 Å². The molecule has 0 amide bonds. The first-order chi connectivity index (χ1) is 9.58. The largest absolute Gasteiger partial charge is 0.478 e. The Hall–Kier alpha value is -2.14. The van der Waals surface area contributed by atoms with Gasteiger partial charge in [0.2, 0.25) is 0 Å². The molecule has 1 N–H and O–H groups in total. The molecule has 20 heavy (non-hydrogen) atoms. The van der Waals surface area contributed by atoms with Gasteiger partial charge in [0.1, 0.15) is 11.8 Å². The molecule has 0 fully saturated rings. The van der Waals surface area contributed by atoms with Crippen molar-refractivity contribution in [1.29, 1.82) is 0 Å². The van der Waals surface area contributed by atoms with E-state index in [1.165, 1.54) is 0 Å². The first-order valence-corrected chi connectivity index (χ1v) is 6.83. The van der Waals surface area contributed by atoms with E-state index in [-0.39, 0.29) is 5.56 Å². The molecular formula is C15H11BrN2O2. The lowest BCUT2D eigenvalue weighted by atomic mass is 10.2. The summed E-state index contributed by atoms with van der Waals surface area (Å²) in [5.74, 6) is -0.967. The number of aryl methyl sites for hydroxylation is 1. The lowest BCUT2D eigenvalue weighted by Crippen LogP contribution is -1.98.